The molecule has 0 spiro atoms. The van der Waals surface area contributed by atoms with Crippen LogP contribution < -0.4 is 5.32 Å². The summed E-state index contributed by atoms with van der Waals surface area (Å²) in [4.78, 5) is 12.0. The van der Waals surface area contributed by atoms with Crippen molar-refractivity contribution < 1.29 is 13.7 Å². The molecule has 0 saturated heterocycles. The molecule has 2 aromatic rings. The van der Waals surface area contributed by atoms with Crippen LogP contribution in [0.1, 0.15) is 21.8 Å². The summed E-state index contributed by atoms with van der Waals surface area (Å²) in [5.41, 5.74) is 1.50. The Hall–Kier alpha value is -1.44. The van der Waals surface area contributed by atoms with E-state index in [2.05, 4.69) is 10.5 Å². The molecule has 6 heteroatoms. The molecule has 0 radical (unpaired) electrons. The van der Waals surface area contributed by atoms with Crippen LogP contribution in [-0.2, 0) is 0 Å². The molecule has 1 amide bonds. The highest BCUT2D eigenvalue weighted by atomic mass is 127. The molecule has 1 aromatic heterocycles. The summed E-state index contributed by atoms with van der Waals surface area (Å²) in [5, 5.41) is 6.43. The van der Waals surface area contributed by atoms with Gasteiger partial charge in [-0.2, -0.15) is 0 Å². The molecule has 0 aliphatic carbocycles. The number of amides is 1. The van der Waals surface area contributed by atoms with Crippen LogP contribution in [0.3, 0.4) is 0 Å². The highest BCUT2D eigenvalue weighted by Gasteiger charge is 2.18. The van der Waals surface area contributed by atoms with Gasteiger partial charge in [-0.25, -0.2) is 4.39 Å². The van der Waals surface area contributed by atoms with Crippen molar-refractivity contribution >= 4 is 34.2 Å². The van der Waals surface area contributed by atoms with Gasteiger partial charge >= 0.3 is 0 Å². The number of anilines is 1. The van der Waals surface area contributed by atoms with Crippen LogP contribution in [0.15, 0.2) is 22.7 Å². The van der Waals surface area contributed by atoms with Gasteiger partial charge in [0.1, 0.15) is 17.1 Å². The number of halogens is 2. The van der Waals surface area contributed by atoms with E-state index in [1.54, 1.807) is 13.8 Å². The van der Waals surface area contributed by atoms with Crippen LogP contribution in [0.5, 0.6) is 0 Å². The number of benzene rings is 1. The van der Waals surface area contributed by atoms with E-state index >= 15 is 0 Å². The van der Waals surface area contributed by atoms with E-state index in [4.69, 9.17) is 4.52 Å². The first-order valence-corrected chi connectivity index (χ1v) is 6.26. The third-order valence-electron chi connectivity index (χ3n) is 2.44. The zero-order valence-electron chi connectivity index (χ0n) is 9.75. The number of aryl methyl sites for hydroxylation is 2. The summed E-state index contributed by atoms with van der Waals surface area (Å²) in [6, 6.07) is 4.17. The highest BCUT2D eigenvalue weighted by molar-refractivity contribution is 14.1. The van der Waals surface area contributed by atoms with Crippen molar-refractivity contribution in [2.75, 3.05) is 5.32 Å². The largest absolute Gasteiger partial charge is 0.361 e. The van der Waals surface area contributed by atoms with E-state index in [0.717, 1.165) is 0 Å². The monoisotopic (exact) mass is 360 g/mol. The first kappa shape index (κ1) is 13.0. The number of carbonyl (C=O) groups is 1. The second-order valence-corrected chi connectivity index (χ2v) is 4.94. The van der Waals surface area contributed by atoms with Crippen LogP contribution in [0.4, 0.5) is 10.1 Å². The summed E-state index contributed by atoms with van der Waals surface area (Å²) in [7, 11) is 0. The Morgan fingerprint density at radius 2 is 2.17 bits per heavy atom. The lowest BCUT2D eigenvalue weighted by Crippen LogP contribution is -2.14. The van der Waals surface area contributed by atoms with Gasteiger partial charge in [-0.1, -0.05) is 5.16 Å². The molecular formula is C12H10FIN2O2. The fourth-order valence-electron chi connectivity index (χ4n) is 1.58. The van der Waals surface area contributed by atoms with Gasteiger partial charge in [0.2, 0.25) is 0 Å². The lowest BCUT2D eigenvalue weighted by molar-refractivity contribution is 0.102. The Bertz CT molecular complexity index is 591. The first-order chi connectivity index (χ1) is 8.49. The Labute approximate surface area is 117 Å². The zero-order valence-corrected chi connectivity index (χ0v) is 11.9. The molecule has 0 aliphatic heterocycles. The predicted molar refractivity (Wildman–Crippen MR) is 73.0 cm³/mol. The maximum atomic E-state index is 12.9. The van der Waals surface area contributed by atoms with Gasteiger partial charge in [-0.3, -0.25) is 4.79 Å². The second kappa shape index (κ2) is 5.05. The van der Waals surface area contributed by atoms with Crippen molar-refractivity contribution in [3.05, 3.63) is 44.6 Å². The Balaban J connectivity index is 2.27. The number of hydrogen-bond acceptors (Lipinski definition) is 3. The maximum absolute atomic E-state index is 12.9. The van der Waals surface area contributed by atoms with E-state index in [0.29, 0.717) is 26.3 Å². The molecule has 0 aliphatic rings. The zero-order chi connectivity index (χ0) is 13.3. The predicted octanol–water partition coefficient (Wildman–Crippen LogP) is 3.29. The van der Waals surface area contributed by atoms with Gasteiger partial charge in [0.15, 0.2) is 0 Å². The summed E-state index contributed by atoms with van der Waals surface area (Å²) in [5.74, 6) is -0.187. The number of rotatable bonds is 2. The van der Waals surface area contributed by atoms with Crippen LogP contribution in [-0.4, -0.2) is 11.1 Å². The van der Waals surface area contributed by atoms with Gasteiger partial charge in [-0.05, 0) is 54.6 Å². The SMILES string of the molecule is Cc1noc(C)c1C(=O)Nc1ccc(F)cc1I. The van der Waals surface area contributed by atoms with E-state index in [1.165, 1.54) is 18.2 Å². The van der Waals surface area contributed by atoms with E-state index in [1.807, 2.05) is 22.6 Å². The molecule has 0 unspecified atom stereocenters. The normalized spacial score (nSPS) is 10.4. The molecule has 0 fully saturated rings. The molecule has 94 valence electrons. The minimum atomic E-state index is -0.338. The van der Waals surface area contributed by atoms with E-state index in [-0.39, 0.29) is 11.7 Å². The molecule has 2 rings (SSSR count). The highest BCUT2D eigenvalue weighted by Crippen LogP contribution is 2.21. The summed E-state index contributed by atoms with van der Waals surface area (Å²) >= 11 is 1.96. The minimum absolute atomic E-state index is 0.309. The second-order valence-electron chi connectivity index (χ2n) is 3.78. The number of nitrogens with one attached hydrogen (secondary N) is 1. The molecule has 0 bridgehead atoms. The molecule has 1 N–H and O–H groups in total. The van der Waals surface area contributed by atoms with Crippen LogP contribution in [0, 0.1) is 23.2 Å². The first-order valence-electron chi connectivity index (χ1n) is 5.18. The number of aromatic nitrogens is 1. The average molecular weight is 360 g/mol. The third-order valence-corrected chi connectivity index (χ3v) is 3.33. The molecular weight excluding hydrogens is 350 g/mol. The van der Waals surface area contributed by atoms with Gasteiger partial charge in [0.25, 0.3) is 5.91 Å². The van der Waals surface area contributed by atoms with Crippen molar-refractivity contribution in [3.63, 3.8) is 0 Å². The quantitative estimate of drug-likeness (QED) is 0.837. The number of nitrogens with zero attached hydrogens (tertiary/aromatic N) is 1. The lowest BCUT2D eigenvalue weighted by Gasteiger charge is -2.06. The Morgan fingerprint density at radius 3 is 2.72 bits per heavy atom. The summed E-state index contributed by atoms with van der Waals surface area (Å²) in [6.07, 6.45) is 0. The number of hydrogen-bond donors (Lipinski definition) is 1. The fourth-order valence-corrected chi connectivity index (χ4v) is 2.19. The van der Waals surface area contributed by atoms with Gasteiger partial charge in [0, 0.05) is 3.57 Å². The van der Waals surface area contributed by atoms with Crippen LogP contribution in [0.2, 0.25) is 0 Å². The molecule has 1 heterocycles. The van der Waals surface area contributed by atoms with Gasteiger partial charge < -0.3 is 9.84 Å². The van der Waals surface area contributed by atoms with Crippen molar-refractivity contribution in [2.24, 2.45) is 0 Å². The van der Waals surface area contributed by atoms with Gasteiger partial charge in [0.05, 0.1) is 11.4 Å². The maximum Gasteiger partial charge on any atom is 0.261 e. The third kappa shape index (κ3) is 2.53. The summed E-state index contributed by atoms with van der Waals surface area (Å²) in [6.45, 7) is 3.37. The number of carbonyl (C=O) groups excluding carboxylic acids is 1. The van der Waals surface area contributed by atoms with Crippen molar-refractivity contribution in [2.45, 2.75) is 13.8 Å². The molecule has 18 heavy (non-hydrogen) atoms. The summed E-state index contributed by atoms with van der Waals surface area (Å²) < 4.78 is 18.5. The molecule has 4 nitrogen and oxygen atoms in total. The van der Waals surface area contributed by atoms with Crippen molar-refractivity contribution in [3.8, 4) is 0 Å². The fraction of sp³-hybridized carbons (Fsp3) is 0.167. The van der Waals surface area contributed by atoms with E-state index < -0.39 is 0 Å². The van der Waals surface area contributed by atoms with E-state index in [9.17, 15) is 9.18 Å². The topological polar surface area (TPSA) is 55.1 Å². The van der Waals surface area contributed by atoms with Gasteiger partial charge in [-0.15, -0.1) is 0 Å². The minimum Gasteiger partial charge on any atom is -0.361 e. The Morgan fingerprint density at radius 1 is 1.44 bits per heavy atom. The molecule has 1 aromatic carbocycles. The van der Waals surface area contributed by atoms with Crippen LogP contribution in [0.25, 0.3) is 0 Å². The van der Waals surface area contributed by atoms with Crippen LogP contribution >= 0.6 is 22.6 Å². The molecule has 0 saturated carbocycles. The Kier molecular flexibility index (Phi) is 3.65. The molecule has 0 atom stereocenters. The standard InChI is InChI=1S/C12H10FIN2O2/c1-6-11(7(2)18-16-6)12(17)15-10-4-3-8(13)5-9(10)14/h3-5H,1-2H3,(H,15,17). The van der Waals surface area contributed by atoms with Crippen molar-refractivity contribution in [1.82, 2.24) is 5.16 Å². The lowest BCUT2D eigenvalue weighted by atomic mass is 10.2. The van der Waals surface area contributed by atoms with Crippen molar-refractivity contribution in [1.29, 1.82) is 0 Å². The smallest absolute Gasteiger partial charge is 0.261 e. The average Bonchev–Trinajstić information content (AvgIpc) is 2.62.